The first-order valence-electron chi connectivity index (χ1n) is 12.6. The first-order valence-corrected chi connectivity index (χ1v) is 13.4. The fourth-order valence-corrected chi connectivity index (χ4v) is 6.34. The first kappa shape index (κ1) is 23.1. The van der Waals surface area contributed by atoms with Crippen molar-refractivity contribution in [2.45, 2.75) is 58.3 Å². The number of piperazine rings is 1. The molecule has 2 aromatic heterocycles. The van der Waals surface area contributed by atoms with Crippen LogP contribution in [-0.4, -0.2) is 54.1 Å². The van der Waals surface area contributed by atoms with E-state index in [1.807, 2.05) is 40.5 Å². The van der Waals surface area contributed by atoms with E-state index in [2.05, 4.69) is 18.7 Å². The third-order valence-electron chi connectivity index (χ3n) is 7.32. The maximum atomic E-state index is 13.2. The Labute approximate surface area is 206 Å². The standard InChI is InChI=1S/C27H34N4O2S/c1-4-18(2)24-28-25(23-20-11-6-5-7-13-22(20)34-26(23)29-24)30-14-16-31(17-15-30)27(32)19-10-8-9-12-21(19)33-3/h8-10,12,18H,4-7,11,13-17H2,1-3H3. The van der Waals surface area contributed by atoms with Gasteiger partial charge in [0, 0.05) is 37.0 Å². The largest absolute Gasteiger partial charge is 0.496 e. The van der Waals surface area contributed by atoms with Crippen LogP contribution in [-0.2, 0) is 12.8 Å². The average molecular weight is 479 g/mol. The second kappa shape index (κ2) is 9.90. The Kier molecular flexibility index (Phi) is 6.73. The minimum Gasteiger partial charge on any atom is -0.496 e. The topological polar surface area (TPSA) is 58.6 Å². The van der Waals surface area contributed by atoms with Crippen LogP contribution in [0.5, 0.6) is 5.75 Å². The molecule has 1 amide bonds. The lowest BCUT2D eigenvalue weighted by Gasteiger charge is -2.36. The summed E-state index contributed by atoms with van der Waals surface area (Å²) in [6.07, 6.45) is 7.12. The number of nitrogens with zero attached hydrogens (tertiary/aromatic N) is 4. The Hall–Kier alpha value is -2.67. The summed E-state index contributed by atoms with van der Waals surface area (Å²) in [5, 5.41) is 1.28. The second-order valence-electron chi connectivity index (χ2n) is 9.44. The fourth-order valence-electron chi connectivity index (χ4n) is 5.08. The Morgan fingerprint density at radius 3 is 2.62 bits per heavy atom. The number of hydrogen-bond acceptors (Lipinski definition) is 6. The molecule has 0 N–H and O–H groups in total. The molecule has 0 saturated carbocycles. The molecule has 3 aromatic rings. The number of thiophene rings is 1. The molecule has 1 fully saturated rings. The molecule has 1 saturated heterocycles. The van der Waals surface area contributed by atoms with E-state index in [1.54, 1.807) is 7.11 Å². The molecule has 0 radical (unpaired) electrons. The minimum atomic E-state index is 0.0367. The number of aromatic nitrogens is 2. The summed E-state index contributed by atoms with van der Waals surface area (Å²) in [6, 6.07) is 7.48. The number of para-hydroxylation sites is 1. The number of rotatable bonds is 5. The third kappa shape index (κ3) is 4.26. The first-order chi connectivity index (χ1) is 16.6. The maximum Gasteiger partial charge on any atom is 0.257 e. The zero-order valence-corrected chi connectivity index (χ0v) is 21.3. The van der Waals surface area contributed by atoms with Gasteiger partial charge in [0.15, 0.2) is 0 Å². The summed E-state index contributed by atoms with van der Waals surface area (Å²) in [6.45, 7) is 7.31. The number of benzene rings is 1. The van der Waals surface area contributed by atoms with Crippen LogP contribution in [0.2, 0.25) is 0 Å². The van der Waals surface area contributed by atoms with Gasteiger partial charge in [-0.25, -0.2) is 9.97 Å². The molecular weight excluding hydrogens is 444 g/mol. The molecule has 1 aliphatic carbocycles. The SMILES string of the molecule is CCC(C)c1nc(N2CCN(C(=O)c3ccccc3OC)CC2)c2c3c(sc2n1)CCCCC3. The van der Waals surface area contributed by atoms with Crippen molar-refractivity contribution in [3.63, 3.8) is 0 Å². The molecule has 3 heterocycles. The molecule has 5 rings (SSSR count). The van der Waals surface area contributed by atoms with Gasteiger partial charge in [-0.15, -0.1) is 11.3 Å². The van der Waals surface area contributed by atoms with E-state index in [-0.39, 0.29) is 5.91 Å². The zero-order valence-electron chi connectivity index (χ0n) is 20.5. The van der Waals surface area contributed by atoms with E-state index in [0.717, 1.165) is 48.8 Å². The van der Waals surface area contributed by atoms with Gasteiger partial charge in [-0.3, -0.25) is 4.79 Å². The van der Waals surface area contributed by atoms with E-state index < -0.39 is 0 Å². The van der Waals surface area contributed by atoms with Crippen LogP contribution in [0, 0.1) is 0 Å². The zero-order chi connectivity index (χ0) is 23.7. The van der Waals surface area contributed by atoms with Crippen LogP contribution in [0.4, 0.5) is 5.82 Å². The predicted molar refractivity (Wildman–Crippen MR) is 138 cm³/mol. The van der Waals surface area contributed by atoms with Crippen molar-refractivity contribution >= 4 is 33.3 Å². The summed E-state index contributed by atoms with van der Waals surface area (Å²) in [4.78, 5) is 30.4. The molecule has 0 bridgehead atoms. The molecule has 7 heteroatoms. The number of amides is 1. The van der Waals surface area contributed by atoms with Gasteiger partial charge in [0.05, 0.1) is 18.1 Å². The van der Waals surface area contributed by atoms with Gasteiger partial charge in [-0.1, -0.05) is 32.4 Å². The van der Waals surface area contributed by atoms with Gasteiger partial charge in [-0.2, -0.15) is 0 Å². The number of anilines is 1. The molecule has 0 spiro atoms. The van der Waals surface area contributed by atoms with E-state index in [4.69, 9.17) is 14.7 Å². The monoisotopic (exact) mass is 478 g/mol. The Balaban J connectivity index is 1.45. The number of methoxy groups -OCH3 is 1. The van der Waals surface area contributed by atoms with E-state index in [0.29, 0.717) is 30.3 Å². The minimum absolute atomic E-state index is 0.0367. The highest BCUT2D eigenvalue weighted by atomic mass is 32.1. The van der Waals surface area contributed by atoms with E-state index in [9.17, 15) is 4.79 Å². The highest BCUT2D eigenvalue weighted by Crippen LogP contribution is 2.40. The van der Waals surface area contributed by atoms with Gasteiger partial charge in [-0.05, 0) is 49.8 Å². The van der Waals surface area contributed by atoms with Crippen LogP contribution in [0.25, 0.3) is 10.2 Å². The number of fused-ring (bicyclic) bond motifs is 3. The smallest absolute Gasteiger partial charge is 0.257 e. The number of carbonyl (C=O) groups is 1. The number of ether oxygens (including phenoxy) is 1. The van der Waals surface area contributed by atoms with Gasteiger partial charge < -0.3 is 14.5 Å². The van der Waals surface area contributed by atoms with E-state index >= 15 is 0 Å². The number of hydrogen-bond donors (Lipinski definition) is 0. The van der Waals surface area contributed by atoms with Crippen molar-refractivity contribution in [1.29, 1.82) is 0 Å². The molecule has 1 atom stereocenters. The van der Waals surface area contributed by atoms with Crippen molar-refractivity contribution in [1.82, 2.24) is 14.9 Å². The van der Waals surface area contributed by atoms with Crippen LogP contribution < -0.4 is 9.64 Å². The summed E-state index contributed by atoms with van der Waals surface area (Å²) in [5.41, 5.74) is 2.11. The van der Waals surface area contributed by atoms with Crippen LogP contribution in [0.3, 0.4) is 0 Å². The highest BCUT2D eigenvalue weighted by Gasteiger charge is 2.29. The summed E-state index contributed by atoms with van der Waals surface area (Å²) in [5.74, 6) is 3.04. The van der Waals surface area contributed by atoms with Crippen molar-refractivity contribution in [2.75, 3.05) is 38.2 Å². The molecule has 1 aromatic carbocycles. The highest BCUT2D eigenvalue weighted by molar-refractivity contribution is 7.19. The van der Waals surface area contributed by atoms with Crippen molar-refractivity contribution in [3.05, 3.63) is 46.1 Å². The number of carbonyl (C=O) groups excluding carboxylic acids is 1. The van der Waals surface area contributed by atoms with Gasteiger partial charge in [0.2, 0.25) is 0 Å². The van der Waals surface area contributed by atoms with Crippen LogP contribution in [0.1, 0.15) is 72.1 Å². The predicted octanol–water partition coefficient (Wildman–Crippen LogP) is 5.44. The quantitative estimate of drug-likeness (QED) is 0.457. The molecule has 34 heavy (non-hydrogen) atoms. The van der Waals surface area contributed by atoms with Gasteiger partial charge in [0.1, 0.15) is 22.2 Å². The molecule has 180 valence electrons. The van der Waals surface area contributed by atoms with Crippen molar-refractivity contribution < 1.29 is 9.53 Å². The van der Waals surface area contributed by atoms with Crippen LogP contribution in [0.15, 0.2) is 24.3 Å². The Morgan fingerprint density at radius 1 is 1.09 bits per heavy atom. The summed E-state index contributed by atoms with van der Waals surface area (Å²) < 4.78 is 5.42. The Bertz CT molecular complexity index is 1180. The van der Waals surface area contributed by atoms with Gasteiger partial charge in [0.25, 0.3) is 5.91 Å². The molecular formula is C27H34N4O2S. The Morgan fingerprint density at radius 2 is 1.85 bits per heavy atom. The third-order valence-corrected chi connectivity index (χ3v) is 8.51. The van der Waals surface area contributed by atoms with E-state index in [1.165, 1.54) is 35.1 Å². The molecule has 1 aliphatic heterocycles. The van der Waals surface area contributed by atoms with Gasteiger partial charge >= 0.3 is 0 Å². The molecule has 2 aliphatic rings. The van der Waals surface area contributed by atoms with Crippen molar-refractivity contribution in [3.8, 4) is 5.75 Å². The lowest BCUT2D eigenvalue weighted by Crippen LogP contribution is -2.49. The maximum absolute atomic E-state index is 13.2. The molecule has 6 nitrogen and oxygen atoms in total. The number of aryl methyl sites for hydroxylation is 2. The summed E-state index contributed by atoms with van der Waals surface area (Å²) >= 11 is 1.88. The normalized spacial score (nSPS) is 17.4. The van der Waals surface area contributed by atoms with Crippen molar-refractivity contribution in [2.24, 2.45) is 0 Å². The lowest BCUT2D eigenvalue weighted by atomic mass is 10.1. The average Bonchev–Trinajstić information content (AvgIpc) is 3.07. The lowest BCUT2D eigenvalue weighted by molar-refractivity contribution is 0.0743. The fraction of sp³-hybridized carbons (Fsp3) is 0.519. The van der Waals surface area contributed by atoms with Crippen LogP contribution >= 0.6 is 11.3 Å². The molecule has 1 unspecified atom stereocenters. The summed E-state index contributed by atoms with van der Waals surface area (Å²) in [7, 11) is 1.61. The second-order valence-corrected chi connectivity index (χ2v) is 10.5.